The van der Waals surface area contributed by atoms with E-state index in [2.05, 4.69) is 15.7 Å². The standard InChI is InChI=1S/C13H24N6O3S/c1-14-12(20)13(15-11-5-8-18(4)16-11)6-9-19(10-7-13)23(21,22)17(2)3/h5,8H,6-7,9-10H2,1-4H3,(H,14,20)(H,15,16). The van der Waals surface area contributed by atoms with Gasteiger partial charge in [-0.3, -0.25) is 9.48 Å². The van der Waals surface area contributed by atoms with Gasteiger partial charge in [0.05, 0.1) is 0 Å². The molecule has 0 aliphatic carbocycles. The Kier molecular flexibility index (Phi) is 4.97. The first-order valence-corrected chi connectivity index (χ1v) is 8.78. The molecule has 0 saturated carbocycles. The summed E-state index contributed by atoms with van der Waals surface area (Å²) in [4.78, 5) is 12.4. The Bertz CT molecular complexity index is 661. The molecular weight excluding hydrogens is 320 g/mol. The maximum absolute atomic E-state index is 12.4. The van der Waals surface area contributed by atoms with E-state index in [0.717, 1.165) is 0 Å². The molecule has 1 aromatic rings. The van der Waals surface area contributed by atoms with Crippen LogP contribution in [0.15, 0.2) is 12.3 Å². The molecule has 0 radical (unpaired) electrons. The fourth-order valence-electron chi connectivity index (χ4n) is 2.70. The van der Waals surface area contributed by atoms with Crippen molar-refractivity contribution in [2.24, 2.45) is 7.05 Å². The minimum Gasteiger partial charge on any atom is -0.357 e. The minimum atomic E-state index is -3.46. The lowest BCUT2D eigenvalue weighted by Crippen LogP contribution is -2.59. The van der Waals surface area contributed by atoms with E-state index in [1.54, 1.807) is 31.0 Å². The second-order valence-electron chi connectivity index (χ2n) is 5.85. The predicted molar refractivity (Wildman–Crippen MR) is 87.0 cm³/mol. The molecule has 0 atom stereocenters. The number of nitrogens with one attached hydrogen (secondary N) is 2. The molecule has 0 aromatic carbocycles. The summed E-state index contributed by atoms with van der Waals surface area (Å²) in [6.07, 6.45) is 2.53. The van der Waals surface area contributed by atoms with Crippen LogP contribution < -0.4 is 10.6 Å². The molecule has 1 saturated heterocycles. The highest BCUT2D eigenvalue weighted by Crippen LogP contribution is 2.28. The Labute approximate surface area is 136 Å². The minimum absolute atomic E-state index is 0.162. The number of piperidine rings is 1. The average molecular weight is 344 g/mol. The smallest absolute Gasteiger partial charge is 0.281 e. The fraction of sp³-hybridized carbons (Fsp3) is 0.692. The lowest BCUT2D eigenvalue weighted by molar-refractivity contribution is -0.126. The average Bonchev–Trinajstić information content (AvgIpc) is 2.91. The van der Waals surface area contributed by atoms with Gasteiger partial charge in [0, 0.05) is 53.5 Å². The van der Waals surface area contributed by atoms with Crippen LogP contribution in [0, 0.1) is 0 Å². The molecule has 23 heavy (non-hydrogen) atoms. The summed E-state index contributed by atoms with van der Waals surface area (Å²) in [5.41, 5.74) is -0.860. The molecule has 0 bridgehead atoms. The Morgan fingerprint density at radius 3 is 2.39 bits per heavy atom. The summed E-state index contributed by atoms with van der Waals surface area (Å²) in [5.74, 6) is 0.435. The van der Waals surface area contributed by atoms with Crippen LogP contribution in [0.25, 0.3) is 0 Å². The van der Waals surface area contributed by atoms with Crippen LogP contribution in [0.3, 0.4) is 0 Å². The van der Waals surface area contributed by atoms with Crippen molar-refractivity contribution in [3.8, 4) is 0 Å². The number of aryl methyl sites for hydroxylation is 1. The normalized spacial score (nSPS) is 18.8. The second-order valence-corrected chi connectivity index (χ2v) is 7.99. The molecular formula is C13H24N6O3S. The molecule has 0 unspecified atom stereocenters. The molecule has 10 heteroatoms. The maximum Gasteiger partial charge on any atom is 0.281 e. The molecule has 1 fully saturated rings. The Hall–Kier alpha value is -1.65. The van der Waals surface area contributed by atoms with Gasteiger partial charge >= 0.3 is 0 Å². The van der Waals surface area contributed by atoms with Gasteiger partial charge in [0.25, 0.3) is 10.2 Å². The van der Waals surface area contributed by atoms with E-state index >= 15 is 0 Å². The van der Waals surface area contributed by atoms with Gasteiger partial charge in [-0.1, -0.05) is 0 Å². The summed E-state index contributed by atoms with van der Waals surface area (Å²) in [5, 5.41) is 10.1. The third kappa shape index (κ3) is 3.48. The first kappa shape index (κ1) is 17.7. The molecule has 1 aliphatic heterocycles. The van der Waals surface area contributed by atoms with E-state index in [9.17, 15) is 13.2 Å². The Balaban J connectivity index is 2.18. The Morgan fingerprint density at radius 2 is 1.96 bits per heavy atom. The fourth-order valence-corrected chi connectivity index (χ4v) is 3.81. The molecule has 2 N–H and O–H groups in total. The monoisotopic (exact) mass is 344 g/mol. The van der Waals surface area contributed by atoms with Crippen LogP contribution in [0.4, 0.5) is 5.82 Å². The van der Waals surface area contributed by atoms with Gasteiger partial charge in [0.2, 0.25) is 5.91 Å². The van der Waals surface area contributed by atoms with Crippen molar-refractivity contribution in [2.45, 2.75) is 18.4 Å². The van der Waals surface area contributed by atoms with Gasteiger partial charge < -0.3 is 10.6 Å². The summed E-state index contributed by atoms with van der Waals surface area (Å²) in [6, 6.07) is 1.79. The number of aromatic nitrogens is 2. The van der Waals surface area contributed by atoms with E-state index in [0.29, 0.717) is 18.7 Å². The van der Waals surface area contributed by atoms with Gasteiger partial charge in [-0.25, -0.2) is 0 Å². The van der Waals surface area contributed by atoms with E-state index in [4.69, 9.17) is 0 Å². The number of nitrogens with zero attached hydrogens (tertiary/aromatic N) is 4. The van der Waals surface area contributed by atoms with Crippen molar-refractivity contribution in [3.05, 3.63) is 12.3 Å². The molecule has 1 aliphatic rings. The van der Waals surface area contributed by atoms with Gasteiger partial charge in [-0.15, -0.1) is 0 Å². The quantitative estimate of drug-likeness (QED) is 0.730. The molecule has 9 nitrogen and oxygen atoms in total. The number of hydrogen-bond donors (Lipinski definition) is 2. The van der Waals surface area contributed by atoms with Gasteiger partial charge in [-0.2, -0.15) is 22.1 Å². The molecule has 1 amide bonds. The first-order valence-electron chi connectivity index (χ1n) is 7.39. The number of likely N-dealkylation sites (N-methyl/N-ethyl adjacent to an activating group) is 1. The molecule has 2 heterocycles. The largest absolute Gasteiger partial charge is 0.357 e. The van der Waals surface area contributed by atoms with E-state index in [1.807, 2.05) is 0 Å². The zero-order chi connectivity index (χ0) is 17.3. The number of hydrogen-bond acceptors (Lipinski definition) is 5. The van der Waals surface area contributed by atoms with Gasteiger partial charge in [-0.05, 0) is 12.8 Å². The van der Waals surface area contributed by atoms with Crippen molar-refractivity contribution < 1.29 is 13.2 Å². The summed E-state index contributed by atoms with van der Waals surface area (Å²) < 4.78 is 28.7. The van der Waals surface area contributed by atoms with Crippen molar-refractivity contribution in [3.63, 3.8) is 0 Å². The number of carbonyl (C=O) groups excluding carboxylic acids is 1. The highest BCUT2D eigenvalue weighted by molar-refractivity contribution is 7.86. The van der Waals surface area contributed by atoms with Crippen LogP contribution in [0.1, 0.15) is 12.8 Å². The van der Waals surface area contributed by atoms with Gasteiger partial charge in [0.1, 0.15) is 11.4 Å². The molecule has 130 valence electrons. The highest BCUT2D eigenvalue weighted by atomic mass is 32.2. The van der Waals surface area contributed by atoms with E-state index in [-0.39, 0.29) is 19.0 Å². The zero-order valence-corrected chi connectivity index (χ0v) is 14.7. The van der Waals surface area contributed by atoms with Crippen LogP contribution in [-0.2, 0) is 22.1 Å². The summed E-state index contributed by atoms with van der Waals surface area (Å²) in [7, 11) is 2.91. The SMILES string of the molecule is CNC(=O)C1(Nc2ccn(C)n2)CCN(S(=O)(=O)N(C)C)CC1. The summed E-state index contributed by atoms with van der Waals surface area (Å²) >= 11 is 0. The lowest BCUT2D eigenvalue weighted by atomic mass is 9.87. The third-order valence-electron chi connectivity index (χ3n) is 4.11. The van der Waals surface area contributed by atoms with E-state index < -0.39 is 15.7 Å². The van der Waals surface area contributed by atoms with Crippen LogP contribution >= 0.6 is 0 Å². The molecule has 2 rings (SSSR count). The van der Waals surface area contributed by atoms with Crippen LogP contribution in [0.5, 0.6) is 0 Å². The third-order valence-corrected chi connectivity index (χ3v) is 6.05. The van der Waals surface area contributed by atoms with Crippen molar-refractivity contribution in [1.29, 1.82) is 0 Å². The highest BCUT2D eigenvalue weighted by Gasteiger charge is 2.44. The number of anilines is 1. The number of amides is 1. The topological polar surface area (TPSA) is 99.6 Å². The maximum atomic E-state index is 12.4. The molecule has 1 aromatic heterocycles. The lowest BCUT2D eigenvalue weighted by Gasteiger charge is -2.40. The van der Waals surface area contributed by atoms with Crippen LogP contribution in [-0.4, -0.2) is 72.5 Å². The predicted octanol–water partition coefficient (Wildman–Crippen LogP) is -0.781. The van der Waals surface area contributed by atoms with Crippen molar-refractivity contribution in [1.82, 2.24) is 23.7 Å². The Morgan fingerprint density at radius 1 is 1.35 bits per heavy atom. The number of carbonyl (C=O) groups is 1. The van der Waals surface area contributed by atoms with Crippen molar-refractivity contribution >= 4 is 21.9 Å². The second kappa shape index (κ2) is 6.46. The molecule has 0 spiro atoms. The van der Waals surface area contributed by atoms with Crippen LogP contribution in [0.2, 0.25) is 0 Å². The van der Waals surface area contributed by atoms with Gasteiger partial charge in [0.15, 0.2) is 0 Å². The first-order chi connectivity index (χ1) is 10.7. The number of rotatable bonds is 5. The van der Waals surface area contributed by atoms with Crippen molar-refractivity contribution in [2.75, 3.05) is 39.5 Å². The van der Waals surface area contributed by atoms with E-state index in [1.165, 1.54) is 22.7 Å². The summed E-state index contributed by atoms with van der Waals surface area (Å²) in [6.45, 7) is 0.543. The zero-order valence-electron chi connectivity index (χ0n) is 13.9.